The molecule has 2 aromatic heterocycles. The van der Waals surface area contributed by atoms with Gasteiger partial charge in [-0.3, -0.25) is 9.78 Å². The fourth-order valence-electron chi connectivity index (χ4n) is 5.18. The number of hydrogen-bond donors (Lipinski definition) is 4. The van der Waals surface area contributed by atoms with E-state index < -0.39 is 11.0 Å². The van der Waals surface area contributed by atoms with Crippen LogP contribution >= 0.6 is 0 Å². The van der Waals surface area contributed by atoms with E-state index in [1.807, 2.05) is 89.5 Å². The van der Waals surface area contributed by atoms with Crippen LogP contribution in [0.5, 0.6) is 5.75 Å². The van der Waals surface area contributed by atoms with Crippen LogP contribution in [0, 0.1) is 5.92 Å². The van der Waals surface area contributed by atoms with Gasteiger partial charge in [0, 0.05) is 25.7 Å². The Hall–Kier alpha value is -4.47. The number of nitrogens with one attached hydrogen (secondary N) is 1. The first-order chi connectivity index (χ1) is 19.0. The van der Waals surface area contributed by atoms with E-state index in [2.05, 4.69) is 9.97 Å². The van der Waals surface area contributed by atoms with Crippen LogP contribution in [0.3, 0.4) is 0 Å². The molecule has 0 amide bonds. The SMILES string of the molecule is COc1ccc(C(c2ccccc2)(c2ccccc2)c2nc3c(=O)[nH]c(N)nc3n2CCC(CO)CO)cc1. The minimum atomic E-state index is -0.968. The summed E-state index contributed by atoms with van der Waals surface area (Å²) in [5.74, 6) is 0.911. The first kappa shape index (κ1) is 26.1. The van der Waals surface area contributed by atoms with Gasteiger partial charge in [0.15, 0.2) is 11.2 Å². The van der Waals surface area contributed by atoms with E-state index in [-0.39, 0.29) is 30.6 Å². The first-order valence-corrected chi connectivity index (χ1v) is 12.8. The Bertz CT molecular complexity index is 1550. The number of H-pyrrole nitrogens is 1. The van der Waals surface area contributed by atoms with Crippen molar-refractivity contribution in [3.05, 3.63) is 118 Å². The number of imidazole rings is 1. The molecule has 0 bridgehead atoms. The van der Waals surface area contributed by atoms with Crippen molar-refractivity contribution in [2.45, 2.75) is 18.4 Å². The van der Waals surface area contributed by atoms with Gasteiger partial charge in [0.05, 0.1) is 7.11 Å². The zero-order valence-electron chi connectivity index (χ0n) is 21.6. The van der Waals surface area contributed by atoms with Gasteiger partial charge in [-0.2, -0.15) is 4.98 Å². The van der Waals surface area contributed by atoms with Crippen molar-refractivity contribution < 1.29 is 14.9 Å². The third-order valence-electron chi connectivity index (χ3n) is 7.17. The summed E-state index contributed by atoms with van der Waals surface area (Å²) in [6.07, 6.45) is 0.433. The normalized spacial score (nSPS) is 11.8. The Morgan fingerprint density at radius 3 is 2.00 bits per heavy atom. The van der Waals surface area contributed by atoms with E-state index in [1.165, 1.54) is 0 Å². The molecule has 0 saturated heterocycles. The Labute approximate surface area is 225 Å². The van der Waals surface area contributed by atoms with Gasteiger partial charge in [-0.25, -0.2) is 4.98 Å². The Morgan fingerprint density at radius 2 is 1.46 bits per heavy atom. The molecule has 5 aromatic rings. The number of fused-ring (bicyclic) bond motifs is 1. The maximum atomic E-state index is 13.1. The maximum Gasteiger partial charge on any atom is 0.280 e. The summed E-state index contributed by atoms with van der Waals surface area (Å²) >= 11 is 0. The third kappa shape index (κ3) is 4.67. The number of aliphatic hydroxyl groups excluding tert-OH is 2. The zero-order chi connectivity index (χ0) is 27.4. The standard InChI is InChI=1S/C30H31N5O4/c1-39-24-14-12-23(13-15-24)30(21-8-4-2-5-9-21,22-10-6-3-7-11-22)28-32-25-26(33-29(31)34-27(25)38)35(28)17-16-20(18-36)19-37/h2-15,20,36-37H,16-19H2,1H3,(H3,31,33,34,38). The molecule has 5 rings (SSSR count). The highest BCUT2D eigenvalue weighted by Crippen LogP contribution is 2.45. The van der Waals surface area contributed by atoms with Crippen molar-refractivity contribution >= 4 is 17.1 Å². The molecule has 39 heavy (non-hydrogen) atoms. The van der Waals surface area contributed by atoms with E-state index in [9.17, 15) is 15.0 Å². The highest BCUT2D eigenvalue weighted by atomic mass is 16.5. The number of nitrogens with two attached hydrogens (primary N) is 1. The van der Waals surface area contributed by atoms with E-state index in [0.29, 0.717) is 30.2 Å². The van der Waals surface area contributed by atoms with Crippen molar-refractivity contribution in [1.82, 2.24) is 19.5 Å². The number of hydrogen-bond acceptors (Lipinski definition) is 7. The van der Waals surface area contributed by atoms with Crippen LogP contribution in [-0.2, 0) is 12.0 Å². The zero-order valence-corrected chi connectivity index (χ0v) is 21.6. The summed E-state index contributed by atoms with van der Waals surface area (Å²) in [6, 6.07) is 27.8. The highest BCUT2D eigenvalue weighted by Gasteiger charge is 2.43. The minimum Gasteiger partial charge on any atom is -0.497 e. The quantitative estimate of drug-likeness (QED) is 0.206. The lowest BCUT2D eigenvalue weighted by molar-refractivity contribution is 0.140. The van der Waals surface area contributed by atoms with Gasteiger partial charge >= 0.3 is 0 Å². The summed E-state index contributed by atoms with van der Waals surface area (Å²) in [7, 11) is 1.62. The Kier molecular flexibility index (Phi) is 7.44. The lowest BCUT2D eigenvalue weighted by Gasteiger charge is -2.36. The predicted octanol–water partition coefficient (Wildman–Crippen LogP) is 3.08. The number of benzene rings is 3. The molecular formula is C30H31N5O4. The third-order valence-corrected chi connectivity index (χ3v) is 7.17. The molecule has 200 valence electrons. The summed E-state index contributed by atoms with van der Waals surface area (Å²) in [6.45, 7) is -0.00367. The number of methoxy groups -OCH3 is 1. The average molecular weight is 526 g/mol. The van der Waals surface area contributed by atoms with Crippen LogP contribution in [0.1, 0.15) is 28.9 Å². The number of aliphatic hydroxyl groups is 2. The summed E-state index contributed by atoms with van der Waals surface area (Å²) in [5.41, 5.74) is 7.85. The lowest BCUT2D eigenvalue weighted by Crippen LogP contribution is -2.35. The molecule has 9 heteroatoms. The second kappa shape index (κ2) is 11.1. The lowest BCUT2D eigenvalue weighted by atomic mass is 9.68. The molecule has 0 atom stereocenters. The minimum absolute atomic E-state index is 0.0180. The number of ether oxygens (including phenoxy) is 1. The maximum absolute atomic E-state index is 13.1. The van der Waals surface area contributed by atoms with Crippen molar-refractivity contribution in [1.29, 1.82) is 0 Å². The van der Waals surface area contributed by atoms with Crippen LogP contribution in [0.2, 0.25) is 0 Å². The summed E-state index contributed by atoms with van der Waals surface area (Å²) in [5, 5.41) is 19.6. The first-order valence-electron chi connectivity index (χ1n) is 12.8. The molecule has 5 N–H and O–H groups in total. The molecule has 0 radical (unpaired) electrons. The molecule has 0 fully saturated rings. The number of aromatic amines is 1. The molecule has 2 heterocycles. The van der Waals surface area contributed by atoms with Gasteiger partial charge in [0.25, 0.3) is 5.56 Å². The molecule has 0 aliphatic rings. The van der Waals surface area contributed by atoms with Gasteiger partial charge in [-0.1, -0.05) is 72.8 Å². The predicted molar refractivity (Wildman–Crippen MR) is 150 cm³/mol. The molecule has 3 aromatic carbocycles. The Morgan fingerprint density at radius 1 is 0.897 bits per heavy atom. The van der Waals surface area contributed by atoms with Crippen molar-refractivity contribution in [3.63, 3.8) is 0 Å². The largest absolute Gasteiger partial charge is 0.497 e. The Balaban J connectivity index is 1.92. The van der Waals surface area contributed by atoms with E-state index in [4.69, 9.17) is 15.5 Å². The van der Waals surface area contributed by atoms with E-state index in [0.717, 1.165) is 16.7 Å². The molecule has 0 aliphatic heterocycles. The van der Waals surface area contributed by atoms with E-state index in [1.54, 1.807) is 7.11 Å². The monoisotopic (exact) mass is 525 g/mol. The van der Waals surface area contributed by atoms with Gasteiger partial charge in [0.1, 0.15) is 17.0 Å². The highest BCUT2D eigenvalue weighted by molar-refractivity contribution is 5.74. The van der Waals surface area contributed by atoms with Crippen LogP contribution in [0.25, 0.3) is 11.2 Å². The second-order valence-electron chi connectivity index (χ2n) is 9.44. The van der Waals surface area contributed by atoms with Crippen LogP contribution in [0.15, 0.2) is 89.7 Å². The molecule has 9 nitrogen and oxygen atoms in total. The molecule has 0 spiro atoms. The van der Waals surface area contributed by atoms with Crippen molar-refractivity contribution in [2.75, 3.05) is 26.1 Å². The van der Waals surface area contributed by atoms with Crippen LogP contribution in [0.4, 0.5) is 5.95 Å². The number of nitrogen functional groups attached to an aromatic ring is 1. The number of aromatic nitrogens is 4. The summed E-state index contributed by atoms with van der Waals surface area (Å²) in [4.78, 5) is 25.1. The van der Waals surface area contributed by atoms with Crippen LogP contribution in [-0.4, -0.2) is 50.1 Å². The number of aryl methyl sites for hydroxylation is 1. The van der Waals surface area contributed by atoms with Crippen molar-refractivity contribution in [2.24, 2.45) is 5.92 Å². The van der Waals surface area contributed by atoms with Gasteiger partial charge in [-0.05, 0) is 35.2 Å². The number of nitrogens with zero attached hydrogens (tertiary/aromatic N) is 3. The van der Waals surface area contributed by atoms with Crippen molar-refractivity contribution in [3.8, 4) is 5.75 Å². The van der Waals surface area contributed by atoms with Gasteiger partial charge < -0.3 is 25.3 Å². The fraction of sp³-hybridized carbons (Fsp3) is 0.233. The molecule has 0 aliphatic carbocycles. The number of anilines is 1. The van der Waals surface area contributed by atoms with Gasteiger partial charge in [-0.15, -0.1) is 0 Å². The smallest absolute Gasteiger partial charge is 0.280 e. The average Bonchev–Trinajstić information content (AvgIpc) is 3.34. The fourth-order valence-corrected chi connectivity index (χ4v) is 5.18. The molecular weight excluding hydrogens is 494 g/mol. The van der Waals surface area contributed by atoms with Crippen LogP contribution < -0.4 is 16.0 Å². The molecule has 0 unspecified atom stereocenters. The topological polar surface area (TPSA) is 139 Å². The second-order valence-corrected chi connectivity index (χ2v) is 9.44. The van der Waals surface area contributed by atoms with Gasteiger partial charge in [0.2, 0.25) is 5.95 Å². The molecule has 0 saturated carbocycles. The number of rotatable bonds is 10. The van der Waals surface area contributed by atoms with E-state index >= 15 is 0 Å². The summed E-state index contributed by atoms with van der Waals surface area (Å²) < 4.78 is 7.34.